The van der Waals surface area contributed by atoms with E-state index in [-0.39, 0.29) is 12.3 Å². The number of rotatable bonds is 3. The fraction of sp³-hybridized carbons (Fsp3) is 0.889. The quantitative estimate of drug-likeness (QED) is 0.673. The van der Waals surface area contributed by atoms with Crippen molar-refractivity contribution in [1.29, 1.82) is 0 Å². The predicted molar refractivity (Wildman–Crippen MR) is 48.4 cm³/mol. The molecule has 1 atom stereocenters. The van der Waals surface area contributed by atoms with Gasteiger partial charge in [-0.05, 0) is 26.7 Å². The smallest absolute Gasteiger partial charge is 0.411 e. The third-order valence-corrected chi connectivity index (χ3v) is 2.06. The molecule has 0 bridgehead atoms. The first-order valence-corrected chi connectivity index (χ1v) is 4.84. The Labute approximate surface area is 78.8 Å². The lowest BCUT2D eigenvalue weighted by atomic mass is 10.4. The summed E-state index contributed by atoms with van der Waals surface area (Å²) >= 11 is 0. The maximum atomic E-state index is 11.4. The Bertz CT molecular complexity index is 172. The first kappa shape index (κ1) is 10.3. The van der Waals surface area contributed by atoms with Crippen molar-refractivity contribution in [1.82, 2.24) is 4.90 Å². The lowest BCUT2D eigenvalue weighted by molar-refractivity contribution is -0.0262. The molecular weight excluding hydrogens is 170 g/mol. The molecule has 0 spiro atoms. The van der Waals surface area contributed by atoms with Crippen LogP contribution < -0.4 is 0 Å². The van der Waals surface area contributed by atoms with Crippen LogP contribution in [0.4, 0.5) is 4.79 Å². The fourth-order valence-corrected chi connectivity index (χ4v) is 1.52. The molecule has 0 saturated carbocycles. The molecule has 0 aliphatic carbocycles. The van der Waals surface area contributed by atoms with Crippen LogP contribution in [0.2, 0.25) is 0 Å². The van der Waals surface area contributed by atoms with Crippen LogP contribution in [0.5, 0.6) is 0 Å². The Morgan fingerprint density at radius 2 is 2.23 bits per heavy atom. The molecule has 13 heavy (non-hydrogen) atoms. The molecule has 76 valence electrons. The van der Waals surface area contributed by atoms with Gasteiger partial charge in [0.25, 0.3) is 0 Å². The van der Waals surface area contributed by atoms with E-state index in [0.29, 0.717) is 13.2 Å². The molecule has 1 rings (SSSR count). The second-order valence-electron chi connectivity index (χ2n) is 2.94. The van der Waals surface area contributed by atoms with Crippen molar-refractivity contribution >= 4 is 6.09 Å². The predicted octanol–water partition coefficient (Wildman–Crippen LogP) is 1.60. The Morgan fingerprint density at radius 1 is 1.46 bits per heavy atom. The Balaban J connectivity index is 2.42. The minimum atomic E-state index is -0.251. The van der Waals surface area contributed by atoms with E-state index in [4.69, 9.17) is 9.47 Å². The van der Waals surface area contributed by atoms with Gasteiger partial charge in [0, 0.05) is 13.2 Å². The van der Waals surface area contributed by atoms with Crippen LogP contribution in [-0.4, -0.2) is 37.0 Å². The Hall–Kier alpha value is -0.770. The zero-order chi connectivity index (χ0) is 9.68. The highest BCUT2D eigenvalue weighted by Gasteiger charge is 2.29. The molecule has 0 N–H and O–H groups in total. The van der Waals surface area contributed by atoms with E-state index in [1.54, 1.807) is 4.90 Å². The zero-order valence-electron chi connectivity index (χ0n) is 8.28. The van der Waals surface area contributed by atoms with Crippen LogP contribution in [-0.2, 0) is 9.47 Å². The lowest BCUT2D eigenvalue weighted by Gasteiger charge is -2.23. The molecule has 0 radical (unpaired) electrons. The minimum Gasteiger partial charge on any atom is -0.450 e. The standard InChI is InChI=1S/C9H17NO3/c1-3-12-8-6-5-7-10(8)9(11)13-4-2/h8H,3-7H2,1-2H3. The monoisotopic (exact) mass is 187 g/mol. The van der Waals surface area contributed by atoms with Gasteiger partial charge in [0.15, 0.2) is 0 Å². The molecule has 4 nitrogen and oxygen atoms in total. The van der Waals surface area contributed by atoms with Crippen molar-refractivity contribution in [2.45, 2.75) is 32.9 Å². The summed E-state index contributed by atoms with van der Waals surface area (Å²) in [5.74, 6) is 0. The largest absolute Gasteiger partial charge is 0.450 e. The van der Waals surface area contributed by atoms with E-state index in [1.807, 2.05) is 13.8 Å². The van der Waals surface area contributed by atoms with E-state index < -0.39 is 0 Å². The van der Waals surface area contributed by atoms with Crippen molar-refractivity contribution in [2.24, 2.45) is 0 Å². The minimum absolute atomic E-state index is 0.0657. The van der Waals surface area contributed by atoms with Crippen LogP contribution in [0.15, 0.2) is 0 Å². The summed E-state index contributed by atoms with van der Waals surface area (Å²) in [5, 5.41) is 0. The maximum absolute atomic E-state index is 11.4. The summed E-state index contributed by atoms with van der Waals surface area (Å²) in [6.45, 7) is 5.56. The van der Waals surface area contributed by atoms with Gasteiger partial charge in [0.1, 0.15) is 6.23 Å². The average molecular weight is 187 g/mol. The lowest BCUT2D eigenvalue weighted by Crippen LogP contribution is -2.37. The number of hydrogen-bond acceptors (Lipinski definition) is 3. The summed E-state index contributed by atoms with van der Waals surface area (Å²) in [5.41, 5.74) is 0. The van der Waals surface area contributed by atoms with Crippen LogP contribution in [0.1, 0.15) is 26.7 Å². The highest BCUT2D eigenvalue weighted by atomic mass is 16.6. The third-order valence-electron chi connectivity index (χ3n) is 2.06. The summed E-state index contributed by atoms with van der Waals surface area (Å²) in [7, 11) is 0. The SMILES string of the molecule is CCOC(=O)N1CCCC1OCC. The molecule has 4 heteroatoms. The van der Waals surface area contributed by atoms with Gasteiger partial charge in [-0.15, -0.1) is 0 Å². The van der Waals surface area contributed by atoms with Crippen molar-refractivity contribution < 1.29 is 14.3 Å². The van der Waals surface area contributed by atoms with E-state index in [0.717, 1.165) is 19.4 Å². The van der Waals surface area contributed by atoms with Crippen LogP contribution >= 0.6 is 0 Å². The Morgan fingerprint density at radius 3 is 2.85 bits per heavy atom. The number of hydrogen-bond donors (Lipinski definition) is 0. The van der Waals surface area contributed by atoms with Crippen molar-refractivity contribution in [3.05, 3.63) is 0 Å². The van der Waals surface area contributed by atoms with Crippen molar-refractivity contribution in [2.75, 3.05) is 19.8 Å². The number of carbonyl (C=O) groups excluding carboxylic acids is 1. The molecular formula is C9H17NO3. The normalized spacial score (nSPS) is 22.0. The van der Waals surface area contributed by atoms with Crippen LogP contribution in [0, 0.1) is 0 Å². The topological polar surface area (TPSA) is 38.8 Å². The molecule has 1 heterocycles. The van der Waals surface area contributed by atoms with E-state index in [9.17, 15) is 4.79 Å². The van der Waals surface area contributed by atoms with Gasteiger partial charge in [0.2, 0.25) is 0 Å². The zero-order valence-corrected chi connectivity index (χ0v) is 8.28. The summed E-state index contributed by atoms with van der Waals surface area (Å²) in [4.78, 5) is 13.0. The highest BCUT2D eigenvalue weighted by molar-refractivity contribution is 5.68. The van der Waals surface area contributed by atoms with Crippen molar-refractivity contribution in [3.8, 4) is 0 Å². The molecule has 0 aromatic heterocycles. The number of likely N-dealkylation sites (tertiary alicyclic amines) is 1. The molecule has 0 aromatic carbocycles. The van der Waals surface area contributed by atoms with Gasteiger partial charge in [-0.25, -0.2) is 4.79 Å². The number of carbonyl (C=O) groups is 1. The summed E-state index contributed by atoms with van der Waals surface area (Å²) in [6.07, 6.45) is 1.61. The van der Waals surface area contributed by atoms with E-state index in [1.165, 1.54) is 0 Å². The van der Waals surface area contributed by atoms with Crippen LogP contribution in [0.25, 0.3) is 0 Å². The first-order valence-electron chi connectivity index (χ1n) is 4.84. The van der Waals surface area contributed by atoms with Gasteiger partial charge in [-0.3, -0.25) is 4.90 Å². The molecule has 1 aliphatic heterocycles. The summed E-state index contributed by atoms with van der Waals surface area (Å²) < 4.78 is 10.3. The third kappa shape index (κ3) is 2.59. The maximum Gasteiger partial charge on any atom is 0.411 e. The fourth-order valence-electron chi connectivity index (χ4n) is 1.52. The second-order valence-corrected chi connectivity index (χ2v) is 2.94. The summed E-state index contributed by atoms with van der Waals surface area (Å²) in [6, 6.07) is 0. The number of amides is 1. The van der Waals surface area contributed by atoms with Gasteiger partial charge < -0.3 is 9.47 Å². The molecule has 1 aliphatic rings. The molecule has 1 unspecified atom stereocenters. The molecule has 1 amide bonds. The van der Waals surface area contributed by atoms with Gasteiger partial charge in [-0.1, -0.05) is 0 Å². The highest BCUT2D eigenvalue weighted by Crippen LogP contribution is 2.18. The van der Waals surface area contributed by atoms with Crippen molar-refractivity contribution in [3.63, 3.8) is 0 Å². The molecule has 1 fully saturated rings. The van der Waals surface area contributed by atoms with Gasteiger partial charge in [0.05, 0.1) is 6.61 Å². The first-order chi connectivity index (χ1) is 6.29. The Kier molecular flexibility index (Phi) is 4.02. The van der Waals surface area contributed by atoms with E-state index in [2.05, 4.69) is 0 Å². The van der Waals surface area contributed by atoms with Gasteiger partial charge >= 0.3 is 6.09 Å². The number of ether oxygens (including phenoxy) is 2. The molecule has 0 aromatic rings. The second kappa shape index (κ2) is 5.07. The van der Waals surface area contributed by atoms with Crippen LogP contribution in [0.3, 0.4) is 0 Å². The van der Waals surface area contributed by atoms with E-state index >= 15 is 0 Å². The van der Waals surface area contributed by atoms with Gasteiger partial charge in [-0.2, -0.15) is 0 Å². The number of nitrogens with zero attached hydrogens (tertiary/aromatic N) is 1. The average Bonchev–Trinajstić information content (AvgIpc) is 2.54. The molecule has 1 saturated heterocycles.